The number of pyridine rings is 1. The standard InChI is InChI=1S/C10H14N2.C9H10O2/c1-12-7-3-5-10(12)9-4-2-6-11-8-9;1-7(9(10)11)8-5-3-2-4-6-8/h2,4,6,8,10H,3,5,7H2,1H3;2-7H,1H3,(H,10,11). The summed E-state index contributed by atoms with van der Waals surface area (Å²) in [6.45, 7) is 2.90. The Kier molecular flexibility index (Phi) is 6.29. The summed E-state index contributed by atoms with van der Waals surface area (Å²) in [4.78, 5) is 17.0. The number of aromatic nitrogens is 1. The molecule has 3 rings (SSSR count). The van der Waals surface area contributed by atoms with Gasteiger partial charge in [-0.1, -0.05) is 36.4 Å². The van der Waals surface area contributed by atoms with E-state index < -0.39 is 11.9 Å². The minimum absolute atomic E-state index is 0.406. The number of carboxylic acid groups (broad SMARTS) is 1. The van der Waals surface area contributed by atoms with E-state index in [4.69, 9.17) is 5.11 Å². The fraction of sp³-hybridized carbons (Fsp3) is 0.368. The summed E-state index contributed by atoms with van der Waals surface area (Å²) < 4.78 is 0. The third-order valence-electron chi connectivity index (χ3n) is 4.26. The largest absolute Gasteiger partial charge is 0.481 e. The molecule has 1 N–H and O–H groups in total. The number of likely N-dealkylation sites (tertiary alicyclic amines) is 1. The molecule has 122 valence electrons. The van der Waals surface area contributed by atoms with Gasteiger partial charge in [-0.15, -0.1) is 0 Å². The third kappa shape index (κ3) is 4.89. The fourth-order valence-electron chi connectivity index (χ4n) is 2.79. The molecule has 2 aromatic rings. The lowest BCUT2D eigenvalue weighted by atomic mass is 10.0. The van der Waals surface area contributed by atoms with E-state index in [-0.39, 0.29) is 0 Å². The average molecular weight is 312 g/mol. The fourth-order valence-corrected chi connectivity index (χ4v) is 2.79. The molecule has 1 saturated heterocycles. The second-order valence-electron chi connectivity index (χ2n) is 5.90. The second kappa shape index (κ2) is 8.44. The summed E-state index contributed by atoms with van der Waals surface area (Å²) in [5.41, 5.74) is 2.21. The topological polar surface area (TPSA) is 53.4 Å². The van der Waals surface area contributed by atoms with Gasteiger partial charge in [0.15, 0.2) is 0 Å². The van der Waals surface area contributed by atoms with E-state index in [9.17, 15) is 4.79 Å². The molecular formula is C19H24N2O2. The summed E-state index contributed by atoms with van der Waals surface area (Å²) in [6, 6.07) is 14.0. The van der Waals surface area contributed by atoms with Gasteiger partial charge in [0.1, 0.15) is 0 Å². The van der Waals surface area contributed by atoms with Crippen LogP contribution >= 0.6 is 0 Å². The zero-order chi connectivity index (χ0) is 16.7. The smallest absolute Gasteiger partial charge is 0.310 e. The maximum Gasteiger partial charge on any atom is 0.310 e. The zero-order valence-corrected chi connectivity index (χ0v) is 13.7. The van der Waals surface area contributed by atoms with Gasteiger partial charge in [-0.3, -0.25) is 14.7 Å². The van der Waals surface area contributed by atoms with Gasteiger partial charge >= 0.3 is 5.97 Å². The molecule has 1 aliphatic heterocycles. The highest BCUT2D eigenvalue weighted by atomic mass is 16.4. The molecule has 1 aromatic heterocycles. The van der Waals surface area contributed by atoms with E-state index >= 15 is 0 Å². The molecule has 0 bridgehead atoms. The Morgan fingerprint density at radius 3 is 2.52 bits per heavy atom. The van der Waals surface area contributed by atoms with Gasteiger partial charge in [-0.2, -0.15) is 0 Å². The van der Waals surface area contributed by atoms with Crippen molar-refractivity contribution in [2.45, 2.75) is 31.7 Å². The maximum atomic E-state index is 10.5. The first-order valence-electron chi connectivity index (χ1n) is 7.97. The summed E-state index contributed by atoms with van der Waals surface area (Å²) in [7, 11) is 2.19. The van der Waals surface area contributed by atoms with E-state index in [1.165, 1.54) is 24.9 Å². The van der Waals surface area contributed by atoms with Crippen LogP contribution in [-0.4, -0.2) is 34.6 Å². The molecule has 0 saturated carbocycles. The number of carboxylic acids is 1. The molecule has 0 radical (unpaired) electrons. The van der Waals surface area contributed by atoms with Crippen LogP contribution in [0, 0.1) is 0 Å². The van der Waals surface area contributed by atoms with Crippen LogP contribution in [-0.2, 0) is 4.79 Å². The van der Waals surface area contributed by atoms with Crippen LogP contribution in [0.5, 0.6) is 0 Å². The summed E-state index contributed by atoms with van der Waals surface area (Å²) in [5, 5.41) is 8.64. The molecule has 1 aromatic carbocycles. The number of carbonyl (C=O) groups is 1. The van der Waals surface area contributed by atoms with Crippen molar-refractivity contribution in [2.24, 2.45) is 0 Å². The Bertz CT molecular complexity index is 601. The van der Waals surface area contributed by atoms with Crippen LogP contribution in [0.2, 0.25) is 0 Å². The van der Waals surface area contributed by atoms with Crippen LogP contribution < -0.4 is 0 Å². The van der Waals surface area contributed by atoms with Gasteiger partial charge in [-0.05, 0) is 50.6 Å². The highest BCUT2D eigenvalue weighted by molar-refractivity contribution is 5.75. The molecule has 2 heterocycles. The van der Waals surface area contributed by atoms with Crippen molar-refractivity contribution in [1.29, 1.82) is 0 Å². The third-order valence-corrected chi connectivity index (χ3v) is 4.26. The lowest BCUT2D eigenvalue weighted by molar-refractivity contribution is -0.138. The summed E-state index contributed by atoms with van der Waals surface area (Å²) in [5.74, 6) is -1.19. The highest BCUT2D eigenvalue weighted by Crippen LogP contribution is 2.29. The first-order valence-corrected chi connectivity index (χ1v) is 7.97. The van der Waals surface area contributed by atoms with Gasteiger partial charge in [0, 0.05) is 18.4 Å². The van der Waals surface area contributed by atoms with Crippen molar-refractivity contribution in [3.63, 3.8) is 0 Å². The molecule has 23 heavy (non-hydrogen) atoms. The molecule has 0 aliphatic carbocycles. The Labute approximate surface area is 137 Å². The Balaban J connectivity index is 0.000000168. The highest BCUT2D eigenvalue weighted by Gasteiger charge is 2.21. The number of aliphatic carboxylic acids is 1. The normalized spacial score (nSPS) is 18.8. The first kappa shape index (κ1) is 17.2. The Hall–Kier alpha value is -2.20. The van der Waals surface area contributed by atoms with Crippen LogP contribution in [0.25, 0.3) is 0 Å². The van der Waals surface area contributed by atoms with Crippen LogP contribution in [0.1, 0.15) is 42.9 Å². The second-order valence-corrected chi connectivity index (χ2v) is 5.90. The van der Waals surface area contributed by atoms with Crippen molar-refractivity contribution in [3.05, 3.63) is 66.0 Å². The van der Waals surface area contributed by atoms with Gasteiger partial charge in [0.25, 0.3) is 0 Å². The van der Waals surface area contributed by atoms with Crippen LogP contribution in [0.15, 0.2) is 54.9 Å². The quantitative estimate of drug-likeness (QED) is 0.938. The number of hydrogen-bond donors (Lipinski definition) is 1. The first-order chi connectivity index (χ1) is 11.1. The molecule has 2 unspecified atom stereocenters. The number of benzene rings is 1. The zero-order valence-electron chi connectivity index (χ0n) is 13.7. The van der Waals surface area contributed by atoms with Crippen molar-refractivity contribution in [2.75, 3.05) is 13.6 Å². The molecule has 1 fully saturated rings. The van der Waals surface area contributed by atoms with Crippen molar-refractivity contribution >= 4 is 5.97 Å². The summed E-state index contributed by atoms with van der Waals surface area (Å²) >= 11 is 0. The molecule has 4 heteroatoms. The van der Waals surface area contributed by atoms with E-state index in [0.29, 0.717) is 6.04 Å². The molecule has 1 aliphatic rings. The van der Waals surface area contributed by atoms with E-state index in [2.05, 4.69) is 23.0 Å². The molecule has 0 spiro atoms. The van der Waals surface area contributed by atoms with Crippen LogP contribution in [0.4, 0.5) is 0 Å². The molecule has 2 atom stereocenters. The van der Waals surface area contributed by atoms with E-state index in [1.54, 1.807) is 6.92 Å². The monoisotopic (exact) mass is 312 g/mol. The molecular weight excluding hydrogens is 288 g/mol. The minimum atomic E-state index is -0.781. The van der Waals surface area contributed by atoms with Crippen molar-refractivity contribution in [1.82, 2.24) is 9.88 Å². The molecule has 0 amide bonds. The van der Waals surface area contributed by atoms with Crippen LogP contribution in [0.3, 0.4) is 0 Å². The number of rotatable bonds is 3. The van der Waals surface area contributed by atoms with E-state index in [0.717, 1.165) is 5.56 Å². The lowest BCUT2D eigenvalue weighted by Crippen LogP contribution is -2.17. The lowest BCUT2D eigenvalue weighted by Gasteiger charge is -2.18. The van der Waals surface area contributed by atoms with Crippen molar-refractivity contribution in [3.8, 4) is 0 Å². The van der Waals surface area contributed by atoms with Gasteiger partial charge in [0.05, 0.1) is 5.92 Å². The predicted octanol–water partition coefficient (Wildman–Crippen LogP) is 3.72. The van der Waals surface area contributed by atoms with Gasteiger partial charge in [-0.25, -0.2) is 0 Å². The minimum Gasteiger partial charge on any atom is -0.481 e. The van der Waals surface area contributed by atoms with E-state index in [1.807, 2.05) is 48.8 Å². The molecule has 4 nitrogen and oxygen atoms in total. The number of hydrogen-bond acceptors (Lipinski definition) is 3. The maximum absolute atomic E-state index is 10.5. The number of nitrogens with zero attached hydrogens (tertiary/aromatic N) is 2. The summed E-state index contributed by atoms with van der Waals surface area (Å²) in [6.07, 6.45) is 6.41. The Morgan fingerprint density at radius 2 is 2.00 bits per heavy atom. The Morgan fingerprint density at radius 1 is 1.26 bits per heavy atom. The van der Waals surface area contributed by atoms with Gasteiger partial charge in [0.2, 0.25) is 0 Å². The van der Waals surface area contributed by atoms with Gasteiger partial charge < -0.3 is 5.11 Å². The average Bonchev–Trinajstić information content (AvgIpc) is 3.02. The predicted molar refractivity (Wildman–Crippen MR) is 91.3 cm³/mol. The van der Waals surface area contributed by atoms with Crippen molar-refractivity contribution < 1.29 is 9.90 Å². The SMILES string of the molecule is CC(C(=O)O)c1ccccc1.CN1CCCC1c1cccnc1.